The second-order valence-electron chi connectivity index (χ2n) is 6.12. The third-order valence-electron chi connectivity index (χ3n) is 4.17. The number of nitrogens with zero attached hydrogens (tertiary/aromatic N) is 2. The minimum Gasteiger partial charge on any atom is -0.367 e. The lowest BCUT2D eigenvalue weighted by Gasteiger charge is -2.34. The van der Waals surface area contributed by atoms with Gasteiger partial charge in [-0.05, 0) is 46.2 Å². The lowest BCUT2D eigenvalue weighted by Crippen LogP contribution is -2.46. The van der Waals surface area contributed by atoms with Crippen molar-refractivity contribution in [2.24, 2.45) is 0 Å². The van der Waals surface area contributed by atoms with Crippen LogP contribution in [0.15, 0.2) is 18.2 Å². The first-order chi connectivity index (χ1) is 9.99. The summed E-state index contributed by atoms with van der Waals surface area (Å²) in [6.07, 6.45) is 3.68. The summed E-state index contributed by atoms with van der Waals surface area (Å²) in [6, 6.07) is 6.33. The summed E-state index contributed by atoms with van der Waals surface area (Å²) in [5, 5.41) is 14.7. The Labute approximate surface area is 126 Å². The molecule has 21 heavy (non-hydrogen) atoms. The molecule has 0 radical (unpaired) electrons. The van der Waals surface area contributed by atoms with Gasteiger partial charge in [0.1, 0.15) is 0 Å². The van der Waals surface area contributed by atoms with E-state index >= 15 is 0 Å². The lowest BCUT2D eigenvalue weighted by molar-refractivity contribution is -0.385. The molecule has 5 heteroatoms. The molecular formula is C16H25N3O2. The van der Waals surface area contributed by atoms with Crippen molar-refractivity contribution < 1.29 is 4.92 Å². The Kier molecular flexibility index (Phi) is 5.17. The van der Waals surface area contributed by atoms with Crippen LogP contribution in [0.2, 0.25) is 0 Å². The van der Waals surface area contributed by atoms with Crippen LogP contribution < -0.4 is 10.2 Å². The van der Waals surface area contributed by atoms with Crippen LogP contribution in [-0.2, 0) is 0 Å². The molecule has 116 valence electrons. The fourth-order valence-corrected chi connectivity index (χ4v) is 2.90. The highest BCUT2D eigenvalue weighted by Gasteiger charge is 2.21. The number of nitrogens with one attached hydrogen (secondary N) is 1. The van der Waals surface area contributed by atoms with Crippen LogP contribution in [-0.4, -0.2) is 30.1 Å². The minimum atomic E-state index is -0.295. The van der Waals surface area contributed by atoms with E-state index < -0.39 is 0 Å². The van der Waals surface area contributed by atoms with E-state index in [1.807, 2.05) is 12.1 Å². The molecule has 1 saturated heterocycles. The fourth-order valence-electron chi connectivity index (χ4n) is 2.90. The van der Waals surface area contributed by atoms with Crippen molar-refractivity contribution in [1.82, 2.24) is 5.32 Å². The normalized spacial score (nSPS) is 18.8. The molecule has 0 aliphatic carbocycles. The lowest BCUT2D eigenvalue weighted by atomic mass is 10.0. The smallest absolute Gasteiger partial charge is 0.274 e. The molecule has 2 rings (SSSR count). The summed E-state index contributed by atoms with van der Waals surface area (Å²) < 4.78 is 0. The standard InChI is InChI=1S/C16H25N3O2/c1-12(2)18(11-14-6-4-5-9-17-14)15-8-7-13(3)16(10-15)19(20)21/h7-8,10,12,14,17H,4-6,9,11H2,1-3H3. The number of hydrogen-bond acceptors (Lipinski definition) is 4. The van der Waals surface area contributed by atoms with E-state index in [4.69, 9.17) is 0 Å². The van der Waals surface area contributed by atoms with E-state index in [1.165, 1.54) is 19.3 Å². The highest BCUT2D eigenvalue weighted by atomic mass is 16.6. The van der Waals surface area contributed by atoms with Crippen molar-refractivity contribution in [2.45, 2.75) is 52.1 Å². The predicted molar refractivity (Wildman–Crippen MR) is 86.0 cm³/mol. The average molecular weight is 291 g/mol. The number of anilines is 1. The zero-order chi connectivity index (χ0) is 15.4. The SMILES string of the molecule is Cc1ccc(N(CC2CCCCN2)C(C)C)cc1[N+](=O)[O-]. The highest BCUT2D eigenvalue weighted by Crippen LogP contribution is 2.27. The molecule has 0 aromatic heterocycles. The van der Waals surface area contributed by atoms with Crippen LogP contribution in [0.3, 0.4) is 0 Å². The number of benzene rings is 1. The van der Waals surface area contributed by atoms with Gasteiger partial charge in [-0.1, -0.05) is 12.5 Å². The van der Waals surface area contributed by atoms with E-state index in [2.05, 4.69) is 24.1 Å². The van der Waals surface area contributed by atoms with E-state index in [1.54, 1.807) is 13.0 Å². The van der Waals surface area contributed by atoms with E-state index in [0.717, 1.165) is 18.8 Å². The fraction of sp³-hybridized carbons (Fsp3) is 0.625. The number of rotatable bonds is 5. The number of hydrogen-bond donors (Lipinski definition) is 1. The molecule has 1 aromatic rings. The molecule has 5 nitrogen and oxygen atoms in total. The Hall–Kier alpha value is -1.62. The maximum atomic E-state index is 11.1. The molecule has 1 aromatic carbocycles. The van der Waals surface area contributed by atoms with Gasteiger partial charge in [-0.3, -0.25) is 10.1 Å². The Bertz CT molecular complexity index is 496. The van der Waals surface area contributed by atoms with Gasteiger partial charge >= 0.3 is 0 Å². The largest absolute Gasteiger partial charge is 0.367 e. The molecular weight excluding hydrogens is 266 g/mol. The molecule has 1 heterocycles. The summed E-state index contributed by atoms with van der Waals surface area (Å²) in [7, 11) is 0. The summed E-state index contributed by atoms with van der Waals surface area (Å²) in [6.45, 7) is 8.02. The van der Waals surface area contributed by atoms with Gasteiger partial charge in [-0.2, -0.15) is 0 Å². The zero-order valence-corrected chi connectivity index (χ0v) is 13.1. The van der Waals surface area contributed by atoms with Crippen LogP contribution in [0.5, 0.6) is 0 Å². The molecule has 1 fully saturated rings. The van der Waals surface area contributed by atoms with Gasteiger partial charge in [-0.25, -0.2) is 0 Å². The molecule has 0 saturated carbocycles. The van der Waals surface area contributed by atoms with Crippen molar-refractivity contribution >= 4 is 11.4 Å². The van der Waals surface area contributed by atoms with Crippen molar-refractivity contribution in [2.75, 3.05) is 18.0 Å². The average Bonchev–Trinajstić information content (AvgIpc) is 2.46. The summed E-state index contributed by atoms with van der Waals surface area (Å²) in [4.78, 5) is 13.1. The topological polar surface area (TPSA) is 58.4 Å². The van der Waals surface area contributed by atoms with Gasteiger partial charge in [0.15, 0.2) is 0 Å². The van der Waals surface area contributed by atoms with Crippen molar-refractivity contribution in [3.05, 3.63) is 33.9 Å². The maximum Gasteiger partial charge on any atom is 0.274 e. The third kappa shape index (κ3) is 3.94. The summed E-state index contributed by atoms with van der Waals surface area (Å²) >= 11 is 0. The monoisotopic (exact) mass is 291 g/mol. The van der Waals surface area contributed by atoms with Gasteiger partial charge in [0.05, 0.1) is 4.92 Å². The van der Waals surface area contributed by atoms with Gasteiger partial charge in [0, 0.05) is 35.9 Å². The Morgan fingerprint density at radius 2 is 2.19 bits per heavy atom. The molecule has 1 unspecified atom stereocenters. The Morgan fingerprint density at radius 1 is 1.43 bits per heavy atom. The molecule has 1 atom stereocenters. The Morgan fingerprint density at radius 3 is 2.76 bits per heavy atom. The van der Waals surface area contributed by atoms with E-state index in [-0.39, 0.29) is 10.6 Å². The molecule has 0 bridgehead atoms. The zero-order valence-electron chi connectivity index (χ0n) is 13.1. The third-order valence-corrected chi connectivity index (χ3v) is 4.17. The first kappa shape index (κ1) is 15.8. The van der Waals surface area contributed by atoms with Gasteiger partial charge in [-0.15, -0.1) is 0 Å². The van der Waals surface area contributed by atoms with Crippen LogP contribution in [0.25, 0.3) is 0 Å². The maximum absolute atomic E-state index is 11.1. The first-order valence-corrected chi connectivity index (χ1v) is 7.74. The number of piperidine rings is 1. The van der Waals surface area contributed by atoms with Gasteiger partial charge < -0.3 is 10.2 Å². The van der Waals surface area contributed by atoms with Crippen molar-refractivity contribution in [3.63, 3.8) is 0 Å². The number of nitro groups is 1. The van der Waals surface area contributed by atoms with Crippen molar-refractivity contribution in [3.8, 4) is 0 Å². The van der Waals surface area contributed by atoms with Gasteiger partial charge in [0.25, 0.3) is 5.69 Å². The second kappa shape index (κ2) is 6.89. The number of aryl methyl sites for hydroxylation is 1. The predicted octanol–water partition coefficient (Wildman–Crippen LogP) is 3.26. The highest BCUT2D eigenvalue weighted by molar-refractivity contribution is 5.57. The first-order valence-electron chi connectivity index (χ1n) is 7.74. The van der Waals surface area contributed by atoms with Crippen LogP contribution in [0.1, 0.15) is 38.7 Å². The molecule has 0 amide bonds. The van der Waals surface area contributed by atoms with Crippen LogP contribution >= 0.6 is 0 Å². The second-order valence-corrected chi connectivity index (χ2v) is 6.12. The molecule has 0 spiro atoms. The van der Waals surface area contributed by atoms with Crippen LogP contribution in [0.4, 0.5) is 11.4 Å². The molecule has 1 aliphatic heterocycles. The number of nitro benzene ring substituents is 1. The van der Waals surface area contributed by atoms with E-state index in [0.29, 0.717) is 17.6 Å². The molecule has 1 N–H and O–H groups in total. The Balaban J connectivity index is 2.21. The van der Waals surface area contributed by atoms with Crippen LogP contribution in [0, 0.1) is 17.0 Å². The quantitative estimate of drug-likeness (QED) is 0.668. The van der Waals surface area contributed by atoms with Gasteiger partial charge in [0.2, 0.25) is 0 Å². The van der Waals surface area contributed by atoms with E-state index in [9.17, 15) is 10.1 Å². The van der Waals surface area contributed by atoms with Crippen molar-refractivity contribution in [1.29, 1.82) is 0 Å². The summed E-state index contributed by atoms with van der Waals surface area (Å²) in [5.41, 5.74) is 1.85. The minimum absolute atomic E-state index is 0.203. The molecule has 1 aliphatic rings. The summed E-state index contributed by atoms with van der Waals surface area (Å²) in [5.74, 6) is 0.